The summed E-state index contributed by atoms with van der Waals surface area (Å²) < 4.78 is 0. The van der Waals surface area contributed by atoms with E-state index in [9.17, 15) is 4.79 Å². The first kappa shape index (κ1) is 8.30. The molecule has 0 bridgehead atoms. The number of fused-ring (bicyclic) bond motifs is 1. The lowest BCUT2D eigenvalue weighted by molar-refractivity contribution is -0.118. The fourth-order valence-corrected chi connectivity index (χ4v) is 1.83. The average molecular weight is 175 g/mol. The normalized spacial score (nSPS) is 15.6. The van der Waals surface area contributed by atoms with Crippen LogP contribution in [0.3, 0.4) is 0 Å². The zero-order valence-electron chi connectivity index (χ0n) is 7.76. The molecule has 0 unspecified atom stereocenters. The largest absolute Gasteiger partial charge is 0.398 e. The van der Waals surface area contributed by atoms with Crippen LogP contribution in [0.4, 0.5) is 5.69 Å². The van der Waals surface area contributed by atoms with E-state index in [4.69, 9.17) is 5.73 Å². The van der Waals surface area contributed by atoms with E-state index >= 15 is 0 Å². The van der Waals surface area contributed by atoms with E-state index in [2.05, 4.69) is 6.07 Å². The van der Waals surface area contributed by atoms with Gasteiger partial charge < -0.3 is 5.73 Å². The molecule has 1 aliphatic carbocycles. The highest BCUT2D eigenvalue weighted by atomic mass is 16.1. The minimum absolute atomic E-state index is 0.310. The van der Waals surface area contributed by atoms with Crippen LogP contribution < -0.4 is 5.73 Å². The first-order valence-corrected chi connectivity index (χ1v) is 4.57. The van der Waals surface area contributed by atoms with Crippen molar-refractivity contribution in [3.8, 4) is 0 Å². The Morgan fingerprint density at radius 3 is 2.85 bits per heavy atom. The quantitative estimate of drug-likeness (QED) is 0.609. The topological polar surface area (TPSA) is 43.1 Å². The number of anilines is 1. The van der Waals surface area contributed by atoms with Crippen molar-refractivity contribution in [3.05, 3.63) is 28.8 Å². The van der Waals surface area contributed by atoms with Gasteiger partial charge in [-0.15, -0.1) is 0 Å². The van der Waals surface area contributed by atoms with E-state index in [-0.39, 0.29) is 0 Å². The maximum Gasteiger partial charge on any atom is 0.137 e. The first-order valence-electron chi connectivity index (χ1n) is 4.57. The Morgan fingerprint density at radius 2 is 2.08 bits per heavy atom. The number of hydrogen-bond acceptors (Lipinski definition) is 2. The lowest BCUT2D eigenvalue weighted by Crippen LogP contribution is -2.15. The fraction of sp³-hybridized carbons (Fsp3) is 0.364. The molecule has 2 N–H and O–H groups in total. The summed E-state index contributed by atoms with van der Waals surface area (Å²) in [5.41, 5.74) is 10.1. The van der Waals surface area contributed by atoms with Crippen molar-refractivity contribution < 1.29 is 4.79 Å². The smallest absolute Gasteiger partial charge is 0.137 e. The number of carbonyl (C=O) groups is 1. The highest BCUT2D eigenvalue weighted by molar-refractivity contribution is 5.85. The van der Waals surface area contributed by atoms with Crippen molar-refractivity contribution in [2.45, 2.75) is 26.2 Å². The van der Waals surface area contributed by atoms with Crippen LogP contribution in [0.1, 0.15) is 23.1 Å². The zero-order valence-corrected chi connectivity index (χ0v) is 7.76. The van der Waals surface area contributed by atoms with E-state index in [1.807, 2.05) is 13.0 Å². The molecule has 13 heavy (non-hydrogen) atoms. The third kappa shape index (κ3) is 1.32. The molecular weight excluding hydrogens is 162 g/mol. The van der Waals surface area contributed by atoms with Gasteiger partial charge in [0.1, 0.15) is 5.78 Å². The van der Waals surface area contributed by atoms with E-state index in [0.717, 1.165) is 23.2 Å². The van der Waals surface area contributed by atoms with Crippen molar-refractivity contribution in [2.24, 2.45) is 0 Å². The Balaban J connectivity index is 2.54. The molecule has 0 aromatic heterocycles. The van der Waals surface area contributed by atoms with Crippen molar-refractivity contribution in [3.63, 3.8) is 0 Å². The Hall–Kier alpha value is -1.31. The lowest BCUT2D eigenvalue weighted by Gasteiger charge is -2.17. The van der Waals surface area contributed by atoms with Gasteiger partial charge in [0.05, 0.1) is 0 Å². The molecule has 1 aromatic rings. The predicted molar refractivity (Wildman–Crippen MR) is 52.6 cm³/mol. The summed E-state index contributed by atoms with van der Waals surface area (Å²) in [5.74, 6) is 0.310. The highest BCUT2D eigenvalue weighted by Crippen LogP contribution is 2.26. The molecule has 0 fully saturated rings. The maximum absolute atomic E-state index is 11.2. The SMILES string of the molecule is Cc1ccc2c(c1N)CC(=O)CC2. The number of nitrogens with two attached hydrogens (primary N) is 1. The van der Waals surface area contributed by atoms with Gasteiger partial charge >= 0.3 is 0 Å². The van der Waals surface area contributed by atoms with Gasteiger partial charge in [-0.05, 0) is 30.0 Å². The summed E-state index contributed by atoms with van der Waals surface area (Å²) in [7, 11) is 0. The van der Waals surface area contributed by atoms with Gasteiger partial charge in [-0.3, -0.25) is 4.79 Å². The Morgan fingerprint density at radius 1 is 1.31 bits per heavy atom. The summed E-state index contributed by atoms with van der Waals surface area (Å²) in [6.07, 6.45) is 2.07. The van der Waals surface area contributed by atoms with Crippen LogP contribution in [0, 0.1) is 6.92 Å². The molecule has 0 saturated heterocycles. The van der Waals surface area contributed by atoms with Gasteiger partial charge in [0.2, 0.25) is 0 Å². The van der Waals surface area contributed by atoms with Crippen LogP contribution in [0.25, 0.3) is 0 Å². The second-order valence-corrected chi connectivity index (χ2v) is 3.65. The third-order valence-corrected chi connectivity index (χ3v) is 2.72. The Bertz CT molecular complexity index is 369. The molecule has 68 valence electrons. The number of nitrogen functional groups attached to an aromatic ring is 1. The maximum atomic E-state index is 11.2. The average Bonchev–Trinajstić information content (AvgIpc) is 2.12. The molecule has 0 aliphatic heterocycles. The van der Waals surface area contributed by atoms with E-state index < -0.39 is 0 Å². The number of benzene rings is 1. The molecular formula is C11H13NO. The molecule has 0 radical (unpaired) electrons. The molecule has 0 saturated carbocycles. The second kappa shape index (κ2) is 2.87. The molecule has 0 atom stereocenters. The van der Waals surface area contributed by atoms with E-state index in [1.54, 1.807) is 0 Å². The first-order chi connectivity index (χ1) is 6.18. The Labute approximate surface area is 77.8 Å². The molecule has 1 aliphatic rings. The van der Waals surface area contributed by atoms with Crippen LogP contribution in [-0.4, -0.2) is 5.78 Å². The number of rotatable bonds is 0. The molecule has 0 amide bonds. The van der Waals surface area contributed by atoms with Gasteiger partial charge in [0.25, 0.3) is 0 Å². The molecule has 0 spiro atoms. The van der Waals surface area contributed by atoms with Gasteiger partial charge in [0, 0.05) is 18.5 Å². The monoisotopic (exact) mass is 175 g/mol. The van der Waals surface area contributed by atoms with Crippen LogP contribution >= 0.6 is 0 Å². The summed E-state index contributed by atoms with van der Waals surface area (Å²) in [6, 6.07) is 4.12. The standard InChI is InChI=1S/C11H13NO/c1-7-2-3-8-4-5-9(13)6-10(8)11(7)12/h2-3H,4-6,12H2,1H3. The van der Waals surface area contributed by atoms with Crippen LogP contribution in [0.5, 0.6) is 0 Å². The third-order valence-electron chi connectivity index (χ3n) is 2.72. The molecule has 2 nitrogen and oxygen atoms in total. The summed E-state index contributed by atoms with van der Waals surface area (Å²) in [5, 5.41) is 0. The van der Waals surface area contributed by atoms with E-state index in [0.29, 0.717) is 18.6 Å². The predicted octanol–water partition coefficient (Wildman–Crippen LogP) is 1.64. The van der Waals surface area contributed by atoms with Crippen molar-refractivity contribution in [1.82, 2.24) is 0 Å². The summed E-state index contributed by atoms with van der Waals surface area (Å²) in [6.45, 7) is 1.98. The summed E-state index contributed by atoms with van der Waals surface area (Å²) >= 11 is 0. The molecule has 2 heteroatoms. The molecule has 1 aromatic carbocycles. The second-order valence-electron chi connectivity index (χ2n) is 3.65. The van der Waals surface area contributed by atoms with Crippen molar-refractivity contribution in [1.29, 1.82) is 0 Å². The summed E-state index contributed by atoms with van der Waals surface area (Å²) in [4.78, 5) is 11.2. The zero-order chi connectivity index (χ0) is 9.42. The minimum atomic E-state index is 0.310. The van der Waals surface area contributed by atoms with Crippen molar-refractivity contribution in [2.75, 3.05) is 5.73 Å². The highest BCUT2D eigenvalue weighted by Gasteiger charge is 2.18. The molecule has 2 rings (SSSR count). The number of ketones is 1. The van der Waals surface area contributed by atoms with Gasteiger partial charge in [-0.2, -0.15) is 0 Å². The molecule has 0 heterocycles. The number of hydrogen-bond donors (Lipinski definition) is 1. The van der Waals surface area contributed by atoms with E-state index in [1.165, 1.54) is 5.56 Å². The minimum Gasteiger partial charge on any atom is -0.398 e. The van der Waals surface area contributed by atoms with Crippen molar-refractivity contribution >= 4 is 11.5 Å². The number of aryl methyl sites for hydroxylation is 2. The lowest BCUT2D eigenvalue weighted by atomic mass is 9.88. The van der Waals surface area contributed by atoms with Crippen LogP contribution in [0.15, 0.2) is 12.1 Å². The van der Waals surface area contributed by atoms with Gasteiger partial charge in [-0.1, -0.05) is 12.1 Å². The van der Waals surface area contributed by atoms with Crippen LogP contribution in [0.2, 0.25) is 0 Å². The van der Waals surface area contributed by atoms with Gasteiger partial charge in [0.15, 0.2) is 0 Å². The fourth-order valence-electron chi connectivity index (χ4n) is 1.83. The van der Waals surface area contributed by atoms with Crippen LogP contribution in [-0.2, 0) is 17.6 Å². The Kier molecular flexibility index (Phi) is 1.83. The van der Waals surface area contributed by atoms with Gasteiger partial charge in [-0.25, -0.2) is 0 Å². The number of Topliss-reactive ketones (excluding diaryl/α,β-unsaturated/α-hetero) is 1. The number of carbonyl (C=O) groups excluding carboxylic acids is 1.